The van der Waals surface area contributed by atoms with Gasteiger partial charge in [0.15, 0.2) is 0 Å². The minimum Gasteiger partial charge on any atom is -0.478 e. The highest BCUT2D eigenvalue weighted by Gasteiger charge is 2.29. The first-order valence-corrected chi connectivity index (χ1v) is 6.87. The van der Waals surface area contributed by atoms with E-state index < -0.39 is 11.6 Å². The van der Waals surface area contributed by atoms with Crippen LogP contribution in [-0.4, -0.2) is 28.3 Å². The summed E-state index contributed by atoms with van der Waals surface area (Å²) >= 11 is 5.80. The van der Waals surface area contributed by atoms with Crippen molar-refractivity contribution in [2.45, 2.75) is 37.7 Å². The fourth-order valence-corrected chi connectivity index (χ4v) is 2.67. The van der Waals surface area contributed by atoms with Crippen LogP contribution < -0.4 is 5.32 Å². The Labute approximate surface area is 117 Å². The molecule has 0 atom stereocenters. The van der Waals surface area contributed by atoms with E-state index in [2.05, 4.69) is 5.32 Å². The molecule has 1 saturated carbocycles. The van der Waals surface area contributed by atoms with Crippen LogP contribution in [0.1, 0.15) is 42.5 Å². The Morgan fingerprint density at radius 3 is 2.63 bits per heavy atom. The minimum absolute atomic E-state index is 0.131. The van der Waals surface area contributed by atoms with Crippen molar-refractivity contribution in [3.63, 3.8) is 0 Å². The van der Waals surface area contributed by atoms with Crippen molar-refractivity contribution in [2.24, 2.45) is 0 Å². The Balaban J connectivity index is 2.08. The standard InChI is InChI=1S/C14H18ClNO3/c15-10-4-5-12(11(8-10)13(17)18)16-9-14(19)6-2-1-3-7-14/h4-5,8,16,19H,1-3,6-7,9H2,(H,17,18). The number of hydrogen-bond acceptors (Lipinski definition) is 3. The number of benzene rings is 1. The summed E-state index contributed by atoms with van der Waals surface area (Å²) in [4.78, 5) is 11.1. The number of carbonyl (C=O) groups is 1. The molecule has 5 heteroatoms. The van der Waals surface area contributed by atoms with E-state index >= 15 is 0 Å². The first-order valence-electron chi connectivity index (χ1n) is 6.49. The van der Waals surface area contributed by atoms with Gasteiger partial charge in [0, 0.05) is 17.3 Å². The molecule has 0 bridgehead atoms. The van der Waals surface area contributed by atoms with Crippen LogP contribution in [0.15, 0.2) is 18.2 Å². The zero-order valence-electron chi connectivity index (χ0n) is 10.7. The van der Waals surface area contributed by atoms with Crippen LogP contribution in [0.25, 0.3) is 0 Å². The minimum atomic E-state index is -1.03. The summed E-state index contributed by atoms with van der Waals surface area (Å²) < 4.78 is 0. The molecule has 2 rings (SSSR count). The number of carboxylic acids is 1. The van der Waals surface area contributed by atoms with Crippen LogP contribution in [0.4, 0.5) is 5.69 Å². The second kappa shape index (κ2) is 5.80. The van der Waals surface area contributed by atoms with Gasteiger partial charge in [0.2, 0.25) is 0 Å². The Morgan fingerprint density at radius 1 is 1.32 bits per heavy atom. The molecule has 0 spiro atoms. The predicted molar refractivity (Wildman–Crippen MR) is 74.9 cm³/mol. The van der Waals surface area contributed by atoms with Gasteiger partial charge in [0.05, 0.1) is 11.2 Å². The highest BCUT2D eigenvalue weighted by Crippen LogP contribution is 2.29. The molecule has 0 heterocycles. The van der Waals surface area contributed by atoms with E-state index in [0.717, 1.165) is 32.1 Å². The third kappa shape index (κ3) is 3.61. The van der Waals surface area contributed by atoms with E-state index in [0.29, 0.717) is 17.3 Å². The lowest BCUT2D eigenvalue weighted by molar-refractivity contribution is 0.0166. The Bertz CT molecular complexity index is 470. The van der Waals surface area contributed by atoms with Gasteiger partial charge in [-0.3, -0.25) is 0 Å². The molecule has 0 amide bonds. The number of aromatic carboxylic acids is 1. The van der Waals surface area contributed by atoms with Gasteiger partial charge in [-0.05, 0) is 31.0 Å². The van der Waals surface area contributed by atoms with Crippen molar-refractivity contribution in [1.29, 1.82) is 0 Å². The fraction of sp³-hybridized carbons (Fsp3) is 0.500. The monoisotopic (exact) mass is 283 g/mol. The molecule has 1 aromatic rings. The molecule has 4 nitrogen and oxygen atoms in total. The summed E-state index contributed by atoms with van der Waals surface area (Å²) in [5.74, 6) is -1.03. The molecule has 1 fully saturated rings. The lowest BCUT2D eigenvalue weighted by Gasteiger charge is -2.32. The number of aliphatic hydroxyl groups is 1. The first kappa shape index (κ1) is 14.2. The molecule has 1 aromatic carbocycles. The molecule has 0 saturated heterocycles. The lowest BCUT2D eigenvalue weighted by atomic mass is 9.85. The molecule has 1 aliphatic carbocycles. The topological polar surface area (TPSA) is 69.6 Å². The number of halogens is 1. The van der Waals surface area contributed by atoms with Crippen molar-refractivity contribution < 1.29 is 15.0 Å². The van der Waals surface area contributed by atoms with Crippen LogP contribution in [0.2, 0.25) is 5.02 Å². The van der Waals surface area contributed by atoms with Gasteiger partial charge >= 0.3 is 5.97 Å². The average Bonchev–Trinajstić information content (AvgIpc) is 2.38. The molecule has 0 unspecified atom stereocenters. The van der Waals surface area contributed by atoms with E-state index in [1.54, 1.807) is 12.1 Å². The third-order valence-corrected chi connectivity index (χ3v) is 3.84. The number of rotatable bonds is 4. The van der Waals surface area contributed by atoms with Gasteiger partial charge in [0.1, 0.15) is 0 Å². The van der Waals surface area contributed by atoms with E-state index in [-0.39, 0.29) is 5.56 Å². The van der Waals surface area contributed by atoms with Crippen LogP contribution in [0, 0.1) is 0 Å². The predicted octanol–water partition coefficient (Wildman–Crippen LogP) is 3.15. The molecule has 1 aliphatic rings. The summed E-state index contributed by atoms with van der Waals surface area (Å²) in [5, 5.41) is 22.9. The lowest BCUT2D eigenvalue weighted by Crippen LogP contribution is -2.39. The maximum absolute atomic E-state index is 11.1. The van der Waals surface area contributed by atoms with Crippen LogP contribution in [0.3, 0.4) is 0 Å². The van der Waals surface area contributed by atoms with Crippen molar-refractivity contribution in [1.82, 2.24) is 0 Å². The highest BCUT2D eigenvalue weighted by atomic mass is 35.5. The summed E-state index contributed by atoms with van der Waals surface area (Å²) in [6.45, 7) is 0.370. The van der Waals surface area contributed by atoms with E-state index in [1.165, 1.54) is 6.07 Å². The molecule has 0 aromatic heterocycles. The van der Waals surface area contributed by atoms with Gasteiger partial charge in [-0.15, -0.1) is 0 Å². The van der Waals surface area contributed by atoms with Gasteiger partial charge in [-0.2, -0.15) is 0 Å². The van der Waals surface area contributed by atoms with Crippen molar-refractivity contribution in [3.8, 4) is 0 Å². The normalized spacial score (nSPS) is 18.0. The zero-order chi connectivity index (χ0) is 13.9. The maximum atomic E-state index is 11.1. The SMILES string of the molecule is O=C(O)c1cc(Cl)ccc1NCC1(O)CCCCC1. The molecule has 0 aliphatic heterocycles. The quantitative estimate of drug-likeness (QED) is 0.794. The fourth-order valence-electron chi connectivity index (χ4n) is 2.49. The molecule has 19 heavy (non-hydrogen) atoms. The third-order valence-electron chi connectivity index (χ3n) is 3.60. The number of anilines is 1. The van der Waals surface area contributed by atoms with Crippen molar-refractivity contribution in [2.75, 3.05) is 11.9 Å². The van der Waals surface area contributed by atoms with Gasteiger partial charge in [-0.25, -0.2) is 4.79 Å². The van der Waals surface area contributed by atoms with Gasteiger partial charge in [0.25, 0.3) is 0 Å². The largest absolute Gasteiger partial charge is 0.478 e. The molecule has 3 N–H and O–H groups in total. The zero-order valence-corrected chi connectivity index (χ0v) is 11.4. The van der Waals surface area contributed by atoms with Crippen LogP contribution in [-0.2, 0) is 0 Å². The number of nitrogens with one attached hydrogen (secondary N) is 1. The molecular formula is C14H18ClNO3. The summed E-state index contributed by atoms with van der Waals surface area (Å²) in [5.41, 5.74) is -0.101. The summed E-state index contributed by atoms with van der Waals surface area (Å²) in [6, 6.07) is 4.69. The number of carboxylic acid groups (broad SMARTS) is 1. The Hall–Kier alpha value is -1.26. The first-order chi connectivity index (χ1) is 9.00. The Morgan fingerprint density at radius 2 is 2.00 bits per heavy atom. The molecule has 0 radical (unpaired) electrons. The highest BCUT2D eigenvalue weighted by molar-refractivity contribution is 6.31. The Kier molecular flexibility index (Phi) is 4.32. The van der Waals surface area contributed by atoms with Gasteiger partial charge < -0.3 is 15.5 Å². The molecule has 104 valence electrons. The van der Waals surface area contributed by atoms with Crippen molar-refractivity contribution in [3.05, 3.63) is 28.8 Å². The summed E-state index contributed by atoms with van der Waals surface area (Å²) in [7, 11) is 0. The summed E-state index contributed by atoms with van der Waals surface area (Å²) in [6.07, 6.45) is 4.71. The second-order valence-corrected chi connectivity index (χ2v) is 5.57. The molecular weight excluding hydrogens is 266 g/mol. The van der Waals surface area contributed by atoms with Crippen molar-refractivity contribution >= 4 is 23.3 Å². The smallest absolute Gasteiger partial charge is 0.337 e. The van der Waals surface area contributed by atoms with E-state index in [1.807, 2.05) is 0 Å². The van der Waals surface area contributed by atoms with E-state index in [9.17, 15) is 9.90 Å². The second-order valence-electron chi connectivity index (χ2n) is 5.13. The number of hydrogen-bond donors (Lipinski definition) is 3. The van der Waals surface area contributed by atoms with E-state index in [4.69, 9.17) is 16.7 Å². The van der Waals surface area contributed by atoms with Gasteiger partial charge in [-0.1, -0.05) is 30.9 Å². The van der Waals surface area contributed by atoms with Crippen LogP contribution in [0.5, 0.6) is 0 Å². The maximum Gasteiger partial charge on any atom is 0.337 e. The average molecular weight is 284 g/mol. The van der Waals surface area contributed by atoms with Crippen LogP contribution >= 0.6 is 11.6 Å².